The van der Waals surface area contributed by atoms with Crippen molar-refractivity contribution >= 4 is 85.4 Å². The van der Waals surface area contributed by atoms with Crippen molar-refractivity contribution in [1.29, 1.82) is 0 Å². The van der Waals surface area contributed by atoms with Gasteiger partial charge >= 0.3 is 0 Å². The molecule has 9 aromatic carbocycles. The van der Waals surface area contributed by atoms with Crippen molar-refractivity contribution in [3.05, 3.63) is 158 Å². The molecule has 0 aliphatic rings. The Morgan fingerprint density at radius 2 is 0.711 bits per heavy atom. The van der Waals surface area contributed by atoms with E-state index in [2.05, 4.69) is 158 Å². The molecule has 0 N–H and O–H groups in total. The van der Waals surface area contributed by atoms with Crippen LogP contribution in [0.25, 0.3) is 96.3 Å². The van der Waals surface area contributed by atoms with Gasteiger partial charge in [-0.3, -0.25) is 0 Å². The zero-order chi connectivity index (χ0) is 29.5. The van der Waals surface area contributed by atoms with Crippen molar-refractivity contribution in [2.75, 3.05) is 0 Å². The van der Waals surface area contributed by atoms with Gasteiger partial charge in [0.2, 0.25) is 0 Å². The van der Waals surface area contributed by atoms with Crippen LogP contribution < -0.4 is 0 Å². The molecule has 0 saturated heterocycles. The fourth-order valence-electron chi connectivity index (χ4n) is 7.77. The Morgan fingerprint density at radius 1 is 0.267 bits per heavy atom. The Labute approximate surface area is 264 Å². The first-order chi connectivity index (χ1) is 22.3. The summed E-state index contributed by atoms with van der Waals surface area (Å²) in [5.74, 6) is 0. The molecule has 45 heavy (non-hydrogen) atoms. The lowest BCUT2D eigenvalue weighted by atomic mass is 9.85. The molecule has 0 bridgehead atoms. The minimum atomic E-state index is 1.25. The van der Waals surface area contributed by atoms with Crippen molar-refractivity contribution in [3.63, 3.8) is 0 Å². The van der Waals surface area contributed by atoms with E-state index < -0.39 is 0 Å². The number of rotatable bonds is 2. The first kappa shape index (κ1) is 24.9. The maximum Gasteiger partial charge on any atom is 0.0362 e. The second-order valence-corrected chi connectivity index (χ2v) is 13.1. The quantitative estimate of drug-likeness (QED) is 0.140. The smallest absolute Gasteiger partial charge is 0.0362 e. The highest BCUT2D eigenvalue weighted by Gasteiger charge is 2.19. The topological polar surface area (TPSA) is 0 Å². The molecule has 0 nitrogen and oxygen atoms in total. The van der Waals surface area contributed by atoms with Gasteiger partial charge in [-0.25, -0.2) is 0 Å². The Kier molecular flexibility index (Phi) is 5.25. The first-order valence-corrected chi connectivity index (χ1v) is 16.3. The summed E-state index contributed by atoms with van der Waals surface area (Å²) in [6, 6.07) is 58.3. The lowest BCUT2D eigenvalue weighted by Gasteiger charge is -2.18. The van der Waals surface area contributed by atoms with Crippen molar-refractivity contribution in [2.24, 2.45) is 0 Å². The largest absolute Gasteiger partial charge is 0.135 e. The predicted molar refractivity (Wildman–Crippen MR) is 198 cm³/mol. The number of fused-ring (bicyclic) bond motifs is 12. The van der Waals surface area contributed by atoms with Crippen molar-refractivity contribution in [2.45, 2.75) is 0 Å². The predicted octanol–water partition coefficient (Wildman–Crippen LogP) is 13.2. The normalized spacial score (nSPS) is 12.0. The highest BCUT2D eigenvalue weighted by molar-refractivity contribution is 7.26. The van der Waals surface area contributed by atoms with Crippen LogP contribution in [0.3, 0.4) is 0 Å². The van der Waals surface area contributed by atoms with E-state index in [1.54, 1.807) is 0 Å². The van der Waals surface area contributed by atoms with E-state index in [1.165, 1.54) is 96.3 Å². The third kappa shape index (κ3) is 3.53. The zero-order valence-electron chi connectivity index (χ0n) is 24.4. The molecular formula is C44H26S. The molecule has 1 heteroatoms. The molecule has 0 fully saturated rings. The monoisotopic (exact) mass is 586 g/mol. The molecule has 0 aliphatic heterocycles. The van der Waals surface area contributed by atoms with Crippen LogP contribution in [0.4, 0.5) is 0 Å². The van der Waals surface area contributed by atoms with Crippen LogP contribution in [0.1, 0.15) is 0 Å². The van der Waals surface area contributed by atoms with Crippen LogP contribution in [-0.2, 0) is 0 Å². The van der Waals surface area contributed by atoms with Crippen molar-refractivity contribution in [1.82, 2.24) is 0 Å². The molecule has 1 heterocycles. The molecule has 0 unspecified atom stereocenters. The van der Waals surface area contributed by atoms with Crippen LogP contribution in [0.15, 0.2) is 158 Å². The lowest BCUT2D eigenvalue weighted by Crippen LogP contribution is -1.90. The summed E-state index contributed by atoms with van der Waals surface area (Å²) in [4.78, 5) is 0. The van der Waals surface area contributed by atoms with Crippen molar-refractivity contribution < 1.29 is 0 Å². The van der Waals surface area contributed by atoms with Gasteiger partial charge in [-0.05, 0) is 94.3 Å². The van der Waals surface area contributed by atoms with Crippen LogP contribution in [-0.4, -0.2) is 0 Å². The SMILES string of the molecule is c1ccc(-c2c3ccccc3c(-c3ccc4sc5ccc6c7ccccc7c7ccccc7c6c5c4c3)c3ccccc23)cc1. The second-order valence-electron chi connectivity index (χ2n) is 12.0. The van der Waals surface area contributed by atoms with Crippen LogP contribution in [0, 0.1) is 0 Å². The third-order valence-corrected chi connectivity index (χ3v) is 10.8. The summed E-state index contributed by atoms with van der Waals surface area (Å²) in [5, 5.41) is 15.8. The fraction of sp³-hybridized carbons (Fsp3) is 0. The van der Waals surface area contributed by atoms with Gasteiger partial charge in [0.1, 0.15) is 0 Å². The maximum atomic E-state index is 2.47. The molecule has 0 spiro atoms. The van der Waals surface area contributed by atoms with Crippen LogP contribution in [0.5, 0.6) is 0 Å². The van der Waals surface area contributed by atoms with Gasteiger partial charge in [0, 0.05) is 20.2 Å². The Bertz CT molecular complexity index is 2710. The molecule has 0 radical (unpaired) electrons. The molecular weight excluding hydrogens is 561 g/mol. The summed E-state index contributed by atoms with van der Waals surface area (Å²) in [5.41, 5.74) is 5.12. The molecule has 0 atom stereocenters. The van der Waals surface area contributed by atoms with E-state index in [0.717, 1.165) is 0 Å². The minimum Gasteiger partial charge on any atom is -0.135 e. The van der Waals surface area contributed by atoms with Gasteiger partial charge in [0.25, 0.3) is 0 Å². The molecule has 0 saturated carbocycles. The van der Waals surface area contributed by atoms with E-state index in [1.807, 2.05) is 11.3 Å². The fourth-order valence-corrected chi connectivity index (χ4v) is 8.87. The van der Waals surface area contributed by atoms with E-state index in [4.69, 9.17) is 0 Å². The number of hydrogen-bond donors (Lipinski definition) is 0. The summed E-state index contributed by atoms with van der Waals surface area (Å²) in [7, 11) is 0. The second kappa shape index (κ2) is 9.50. The average molecular weight is 587 g/mol. The van der Waals surface area contributed by atoms with Gasteiger partial charge < -0.3 is 0 Å². The summed E-state index contributed by atoms with van der Waals surface area (Å²) >= 11 is 1.90. The molecule has 10 aromatic rings. The Balaban J connectivity index is 1.36. The minimum absolute atomic E-state index is 1.25. The number of hydrogen-bond acceptors (Lipinski definition) is 1. The van der Waals surface area contributed by atoms with Gasteiger partial charge in [0.15, 0.2) is 0 Å². The lowest BCUT2D eigenvalue weighted by molar-refractivity contribution is 1.66. The standard InChI is InChI=1S/C44H26S/c1-2-12-27(13-3-1)41-33-18-8-10-20-35(33)42(36-21-11-9-19-34(36)41)28-22-24-39-38(26-28)44-40(45-39)25-23-37-31-16-5-4-14-29(31)30-15-6-7-17-32(30)43(37)44/h1-26H. The van der Waals surface area contributed by atoms with E-state index >= 15 is 0 Å². The molecule has 1 aromatic heterocycles. The average Bonchev–Trinajstić information content (AvgIpc) is 3.49. The van der Waals surface area contributed by atoms with Crippen LogP contribution in [0.2, 0.25) is 0 Å². The molecule has 10 rings (SSSR count). The Morgan fingerprint density at radius 3 is 1.31 bits per heavy atom. The van der Waals surface area contributed by atoms with E-state index in [0.29, 0.717) is 0 Å². The third-order valence-electron chi connectivity index (χ3n) is 9.62. The van der Waals surface area contributed by atoms with E-state index in [9.17, 15) is 0 Å². The highest BCUT2D eigenvalue weighted by Crippen LogP contribution is 2.48. The summed E-state index contributed by atoms with van der Waals surface area (Å²) < 4.78 is 2.66. The van der Waals surface area contributed by atoms with Crippen LogP contribution >= 0.6 is 11.3 Å². The van der Waals surface area contributed by atoms with Gasteiger partial charge in [-0.1, -0.05) is 140 Å². The summed E-state index contributed by atoms with van der Waals surface area (Å²) in [6.45, 7) is 0. The molecule has 208 valence electrons. The number of benzene rings is 9. The van der Waals surface area contributed by atoms with Gasteiger partial charge in [-0.2, -0.15) is 0 Å². The summed E-state index contributed by atoms with van der Waals surface area (Å²) in [6.07, 6.45) is 0. The zero-order valence-corrected chi connectivity index (χ0v) is 25.2. The van der Waals surface area contributed by atoms with E-state index in [-0.39, 0.29) is 0 Å². The maximum absolute atomic E-state index is 2.47. The van der Waals surface area contributed by atoms with Crippen molar-refractivity contribution in [3.8, 4) is 22.3 Å². The van der Waals surface area contributed by atoms with Gasteiger partial charge in [-0.15, -0.1) is 11.3 Å². The first-order valence-electron chi connectivity index (χ1n) is 15.5. The molecule has 0 amide bonds. The molecule has 0 aliphatic carbocycles. The Hall–Kier alpha value is -5.50. The van der Waals surface area contributed by atoms with Gasteiger partial charge in [0.05, 0.1) is 0 Å². The highest BCUT2D eigenvalue weighted by atomic mass is 32.1. The number of thiophene rings is 1.